The molecule has 0 amide bonds. The Morgan fingerprint density at radius 1 is 1.12 bits per heavy atom. The van der Waals surface area contributed by atoms with E-state index in [2.05, 4.69) is 9.80 Å². The average Bonchev–Trinajstić information content (AvgIpc) is 3.02. The molecular formula is C19H28N2O3. The van der Waals surface area contributed by atoms with E-state index in [1.165, 1.54) is 31.9 Å². The molecule has 0 N–H and O–H groups in total. The fourth-order valence-corrected chi connectivity index (χ4v) is 3.56. The molecule has 0 bridgehead atoms. The number of carbonyl (C=O) groups is 1. The van der Waals surface area contributed by atoms with Gasteiger partial charge < -0.3 is 9.47 Å². The van der Waals surface area contributed by atoms with Crippen molar-refractivity contribution in [2.24, 2.45) is 0 Å². The van der Waals surface area contributed by atoms with Crippen LogP contribution in [0.1, 0.15) is 35.2 Å². The molecule has 2 heterocycles. The van der Waals surface area contributed by atoms with Gasteiger partial charge in [0.05, 0.1) is 18.8 Å². The van der Waals surface area contributed by atoms with Crippen LogP contribution in [-0.2, 0) is 16.0 Å². The number of rotatable bonds is 5. The Bertz CT molecular complexity index is 526. The molecule has 2 aliphatic heterocycles. The molecule has 5 heteroatoms. The number of carbonyl (C=O) groups excluding carboxylic acids is 1. The van der Waals surface area contributed by atoms with Crippen LogP contribution in [0.5, 0.6) is 0 Å². The third-order valence-electron chi connectivity index (χ3n) is 4.95. The molecule has 0 radical (unpaired) electrons. The van der Waals surface area contributed by atoms with Crippen molar-refractivity contribution in [3.63, 3.8) is 0 Å². The summed E-state index contributed by atoms with van der Waals surface area (Å²) in [6.07, 6.45) is 4.08. The topological polar surface area (TPSA) is 42.0 Å². The van der Waals surface area contributed by atoms with E-state index < -0.39 is 0 Å². The molecule has 0 unspecified atom stereocenters. The summed E-state index contributed by atoms with van der Waals surface area (Å²) in [7, 11) is 1.41. The molecule has 0 aromatic heterocycles. The monoisotopic (exact) mass is 332 g/mol. The molecule has 24 heavy (non-hydrogen) atoms. The molecule has 5 nitrogen and oxygen atoms in total. The van der Waals surface area contributed by atoms with Crippen LogP contribution in [0.4, 0.5) is 0 Å². The smallest absolute Gasteiger partial charge is 0.337 e. The van der Waals surface area contributed by atoms with Gasteiger partial charge in [-0.3, -0.25) is 9.80 Å². The van der Waals surface area contributed by atoms with Gasteiger partial charge in [0.1, 0.15) is 0 Å². The zero-order valence-corrected chi connectivity index (χ0v) is 14.6. The van der Waals surface area contributed by atoms with Gasteiger partial charge in [-0.15, -0.1) is 0 Å². The van der Waals surface area contributed by atoms with Crippen molar-refractivity contribution in [2.75, 3.05) is 46.4 Å². The minimum absolute atomic E-state index is 0.277. The van der Waals surface area contributed by atoms with Gasteiger partial charge in [0.2, 0.25) is 0 Å². The highest BCUT2D eigenvalue weighted by atomic mass is 16.5. The molecular weight excluding hydrogens is 304 g/mol. The van der Waals surface area contributed by atoms with Gasteiger partial charge in [-0.2, -0.15) is 0 Å². The van der Waals surface area contributed by atoms with Crippen LogP contribution < -0.4 is 0 Å². The van der Waals surface area contributed by atoms with E-state index in [1.807, 2.05) is 24.3 Å². The zero-order valence-electron chi connectivity index (χ0n) is 14.6. The maximum absolute atomic E-state index is 11.5. The second-order valence-corrected chi connectivity index (χ2v) is 6.75. The molecule has 132 valence electrons. The number of benzene rings is 1. The first kappa shape index (κ1) is 17.4. The number of hydrogen-bond acceptors (Lipinski definition) is 5. The van der Waals surface area contributed by atoms with Crippen LogP contribution in [-0.4, -0.2) is 68.3 Å². The summed E-state index contributed by atoms with van der Waals surface area (Å²) in [6.45, 7) is 7.45. The third kappa shape index (κ3) is 4.79. The molecule has 0 aliphatic carbocycles. The van der Waals surface area contributed by atoms with E-state index in [0.29, 0.717) is 11.7 Å². The predicted octanol–water partition coefficient (Wildman–Crippen LogP) is 2.16. The highest BCUT2D eigenvalue weighted by Gasteiger charge is 2.21. The van der Waals surface area contributed by atoms with E-state index in [-0.39, 0.29) is 5.97 Å². The molecule has 1 aromatic rings. The number of hydrogen-bond donors (Lipinski definition) is 0. The number of ether oxygens (including phenoxy) is 2. The number of esters is 1. The van der Waals surface area contributed by atoms with Crippen LogP contribution in [0.15, 0.2) is 24.3 Å². The Balaban J connectivity index is 1.48. The zero-order chi connectivity index (χ0) is 16.8. The highest BCUT2D eigenvalue weighted by molar-refractivity contribution is 5.89. The van der Waals surface area contributed by atoms with Gasteiger partial charge in [-0.25, -0.2) is 4.79 Å². The first-order valence-corrected chi connectivity index (χ1v) is 8.98. The average molecular weight is 332 g/mol. The minimum atomic E-state index is -0.277. The van der Waals surface area contributed by atoms with E-state index in [1.54, 1.807) is 0 Å². The second-order valence-electron chi connectivity index (χ2n) is 6.75. The SMILES string of the molecule is COC(=O)c1ccc(CN2CCCN(C[C@H]3CCCO3)CC2)cc1. The van der Waals surface area contributed by atoms with Crippen molar-refractivity contribution in [2.45, 2.75) is 31.9 Å². The summed E-state index contributed by atoms with van der Waals surface area (Å²) in [5.74, 6) is -0.277. The van der Waals surface area contributed by atoms with Gasteiger partial charge in [-0.05, 0) is 50.0 Å². The summed E-state index contributed by atoms with van der Waals surface area (Å²) < 4.78 is 10.5. The van der Waals surface area contributed by atoms with E-state index in [4.69, 9.17) is 9.47 Å². The normalized spacial score (nSPS) is 23.1. The molecule has 1 atom stereocenters. The van der Waals surface area contributed by atoms with Crippen LogP contribution >= 0.6 is 0 Å². The molecule has 3 rings (SSSR count). The van der Waals surface area contributed by atoms with Crippen LogP contribution in [0.25, 0.3) is 0 Å². The van der Waals surface area contributed by atoms with Gasteiger partial charge in [0.15, 0.2) is 0 Å². The van der Waals surface area contributed by atoms with Crippen molar-refractivity contribution >= 4 is 5.97 Å². The lowest BCUT2D eigenvalue weighted by molar-refractivity contribution is 0.0600. The maximum atomic E-state index is 11.5. The molecule has 2 aliphatic rings. The fourth-order valence-electron chi connectivity index (χ4n) is 3.56. The lowest BCUT2D eigenvalue weighted by Gasteiger charge is -2.24. The van der Waals surface area contributed by atoms with Crippen LogP contribution in [0.3, 0.4) is 0 Å². The van der Waals surface area contributed by atoms with Gasteiger partial charge >= 0.3 is 5.97 Å². The van der Waals surface area contributed by atoms with Crippen molar-refractivity contribution < 1.29 is 14.3 Å². The largest absolute Gasteiger partial charge is 0.465 e. The van der Waals surface area contributed by atoms with E-state index >= 15 is 0 Å². The third-order valence-corrected chi connectivity index (χ3v) is 4.95. The lowest BCUT2D eigenvalue weighted by atomic mass is 10.1. The quantitative estimate of drug-likeness (QED) is 0.773. The Hall–Kier alpha value is -1.43. The first-order valence-electron chi connectivity index (χ1n) is 8.98. The van der Waals surface area contributed by atoms with Crippen molar-refractivity contribution in [3.05, 3.63) is 35.4 Å². The van der Waals surface area contributed by atoms with Crippen LogP contribution in [0, 0.1) is 0 Å². The molecule has 2 saturated heterocycles. The Morgan fingerprint density at radius 3 is 2.58 bits per heavy atom. The fraction of sp³-hybridized carbons (Fsp3) is 0.632. The summed E-state index contributed by atoms with van der Waals surface area (Å²) in [5.41, 5.74) is 1.86. The van der Waals surface area contributed by atoms with E-state index in [0.717, 1.165) is 45.9 Å². The number of methoxy groups -OCH3 is 1. The maximum Gasteiger partial charge on any atom is 0.337 e. The molecule has 1 aromatic carbocycles. The molecule has 0 saturated carbocycles. The summed E-state index contributed by atoms with van der Waals surface area (Å²) in [4.78, 5) is 16.5. The van der Waals surface area contributed by atoms with Crippen molar-refractivity contribution in [3.8, 4) is 0 Å². The number of nitrogens with zero attached hydrogens (tertiary/aromatic N) is 2. The predicted molar refractivity (Wildman–Crippen MR) is 93.1 cm³/mol. The summed E-state index contributed by atoms with van der Waals surface area (Å²) >= 11 is 0. The standard InChI is InChI=1S/C19H28N2O3/c1-23-19(22)17-7-5-16(6-8-17)14-20-9-3-10-21(12-11-20)15-18-4-2-13-24-18/h5-8,18H,2-4,9-15H2,1H3/t18-/m1/s1. The highest BCUT2D eigenvalue weighted by Crippen LogP contribution is 2.15. The summed E-state index contributed by atoms with van der Waals surface area (Å²) in [6, 6.07) is 7.76. The van der Waals surface area contributed by atoms with E-state index in [9.17, 15) is 4.79 Å². The molecule has 2 fully saturated rings. The van der Waals surface area contributed by atoms with Gasteiger partial charge in [0, 0.05) is 32.8 Å². The van der Waals surface area contributed by atoms with Crippen LogP contribution in [0.2, 0.25) is 0 Å². The molecule has 0 spiro atoms. The minimum Gasteiger partial charge on any atom is -0.465 e. The first-order chi connectivity index (χ1) is 11.7. The Morgan fingerprint density at radius 2 is 1.88 bits per heavy atom. The van der Waals surface area contributed by atoms with Gasteiger partial charge in [0.25, 0.3) is 0 Å². The van der Waals surface area contributed by atoms with Crippen molar-refractivity contribution in [1.82, 2.24) is 9.80 Å². The second kappa shape index (κ2) is 8.60. The Labute approximate surface area is 144 Å². The summed E-state index contributed by atoms with van der Waals surface area (Å²) in [5, 5.41) is 0. The lowest BCUT2D eigenvalue weighted by Crippen LogP contribution is -2.35. The van der Waals surface area contributed by atoms with Crippen molar-refractivity contribution in [1.29, 1.82) is 0 Å². The Kier molecular flexibility index (Phi) is 6.24. The van der Waals surface area contributed by atoms with Gasteiger partial charge in [-0.1, -0.05) is 12.1 Å².